The van der Waals surface area contributed by atoms with Crippen LogP contribution in [0.3, 0.4) is 0 Å². The standard InChI is InChI=1S/C17H22O2S/c1-4-15-9-10-16(20-15)12-17(2,18)11-13-5-7-14(19-3)8-6-13/h5-10,18H,4,11-12H2,1-3H3. The molecule has 0 amide bonds. The van der Waals surface area contributed by atoms with E-state index < -0.39 is 5.60 Å². The van der Waals surface area contributed by atoms with Crippen molar-refractivity contribution < 1.29 is 9.84 Å². The van der Waals surface area contributed by atoms with E-state index in [0.717, 1.165) is 17.7 Å². The van der Waals surface area contributed by atoms with Gasteiger partial charge in [0.1, 0.15) is 5.75 Å². The van der Waals surface area contributed by atoms with Crippen molar-refractivity contribution in [3.05, 3.63) is 51.7 Å². The summed E-state index contributed by atoms with van der Waals surface area (Å²) in [6.07, 6.45) is 2.41. The summed E-state index contributed by atoms with van der Waals surface area (Å²) in [5, 5.41) is 10.6. The number of benzene rings is 1. The molecule has 0 aliphatic heterocycles. The van der Waals surface area contributed by atoms with E-state index in [0.29, 0.717) is 12.8 Å². The number of thiophene rings is 1. The van der Waals surface area contributed by atoms with Crippen LogP contribution in [0, 0.1) is 0 Å². The van der Waals surface area contributed by atoms with Gasteiger partial charge in [0.2, 0.25) is 0 Å². The topological polar surface area (TPSA) is 29.5 Å². The smallest absolute Gasteiger partial charge is 0.118 e. The Kier molecular flexibility index (Phi) is 4.84. The highest BCUT2D eigenvalue weighted by Gasteiger charge is 2.22. The molecule has 2 aromatic rings. The maximum absolute atomic E-state index is 10.6. The Morgan fingerprint density at radius 1 is 1.05 bits per heavy atom. The van der Waals surface area contributed by atoms with Crippen LogP contribution in [0.2, 0.25) is 0 Å². The molecule has 1 heterocycles. The molecule has 1 N–H and O–H groups in total. The highest BCUT2D eigenvalue weighted by atomic mass is 32.1. The van der Waals surface area contributed by atoms with Crippen LogP contribution in [-0.2, 0) is 19.3 Å². The molecule has 1 unspecified atom stereocenters. The first-order valence-electron chi connectivity index (χ1n) is 6.95. The Bertz CT molecular complexity index is 540. The summed E-state index contributed by atoms with van der Waals surface area (Å²) < 4.78 is 5.15. The van der Waals surface area contributed by atoms with Crippen molar-refractivity contribution in [1.29, 1.82) is 0 Å². The van der Waals surface area contributed by atoms with E-state index in [1.165, 1.54) is 9.75 Å². The summed E-state index contributed by atoms with van der Waals surface area (Å²) >= 11 is 1.80. The molecular formula is C17H22O2S. The lowest BCUT2D eigenvalue weighted by atomic mass is 9.92. The normalized spacial score (nSPS) is 14.0. The van der Waals surface area contributed by atoms with Crippen LogP contribution in [-0.4, -0.2) is 17.8 Å². The SMILES string of the molecule is CCc1ccc(CC(C)(O)Cc2ccc(OC)cc2)s1. The summed E-state index contributed by atoms with van der Waals surface area (Å²) in [6.45, 7) is 4.06. The third kappa shape index (κ3) is 4.09. The molecule has 0 saturated carbocycles. The van der Waals surface area contributed by atoms with Crippen LogP contribution >= 0.6 is 11.3 Å². The first-order valence-corrected chi connectivity index (χ1v) is 7.77. The first kappa shape index (κ1) is 15.1. The molecule has 108 valence electrons. The van der Waals surface area contributed by atoms with Gasteiger partial charge in [0.05, 0.1) is 12.7 Å². The summed E-state index contributed by atoms with van der Waals surface area (Å²) in [4.78, 5) is 2.63. The number of aliphatic hydroxyl groups is 1. The van der Waals surface area contributed by atoms with Crippen LogP contribution in [0.4, 0.5) is 0 Å². The van der Waals surface area contributed by atoms with E-state index in [4.69, 9.17) is 4.74 Å². The molecule has 0 aliphatic rings. The Morgan fingerprint density at radius 3 is 2.25 bits per heavy atom. The van der Waals surface area contributed by atoms with Gasteiger partial charge in [-0.25, -0.2) is 0 Å². The Morgan fingerprint density at radius 2 is 1.70 bits per heavy atom. The molecular weight excluding hydrogens is 268 g/mol. The van der Waals surface area contributed by atoms with Gasteiger partial charge in [-0.05, 0) is 43.2 Å². The van der Waals surface area contributed by atoms with Gasteiger partial charge < -0.3 is 9.84 Å². The Hall–Kier alpha value is -1.32. The van der Waals surface area contributed by atoms with E-state index >= 15 is 0 Å². The molecule has 20 heavy (non-hydrogen) atoms. The maximum Gasteiger partial charge on any atom is 0.118 e. The summed E-state index contributed by atoms with van der Waals surface area (Å²) in [5.74, 6) is 0.847. The summed E-state index contributed by atoms with van der Waals surface area (Å²) in [7, 11) is 1.66. The molecule has 0 saturated heterocycles. The predicted molar refractivity (Wildman–Crippen MR) is 84.7 cm³/mol. The van der Waals surface area contributed by atoms with Gasteiger partial charge >= 0.3 is 0 Å². The molecule has 2 nitrogen and oxygen atoms in total. The Labute approximate surface area is 125 Å². The van der Waals surface area contributed by atoms with Crippen LogP contribution in [0.5, 0.6) is 5.75 Å². The second-order valence-corrected chi connectivity index (χ2v) is 6.67. The fraction of sp³-hybridized carbons (Fsp3) is 0.412. The summed E-state index contributed by atoms with van der Waals surface area (Å²) in [5.41, 5.74) is 0.410. The van der Waals surface area contributed by atoms with Crippen LogP contribution in [0.15, 0.2) is 36.4 Å². The first-order chi connectivity index (χ1) is 9.52. The highest BCUT2D eigenvalue weighted by Crippen LogP contribution is 2.25. The van der Waals surface area contributed by atoms with E-state index in [1.54, 1.807) is 18.4 Å². The van der Waals surface area contributed by atoms with Gasteiger partial charge in [-0.15, -0.1) is 11.3 Å². The lowest BCUT2D eigenvalue weighted by molar-refractivity contribution is 0.0616. The molecule has 3 heteroatoms. The predicted octanol–water partition coefficient (Wildman–Crippen LogP) is 3.86. The van der Waals surface area contributed by atoms with Gasteiger partial charge in [-0.2, -0.15) is 0 Å². The lowest BCUT2D eigenvalue weighted by Crippen LogP contribution is -2.29. The van der Waals surface area contributed by atoms with E-state index in [1.807, 2.05) is 31.2 Å². The zero-order chi connectivity index (χ0) is 14.6. The van der Waals surface area contributed by atoms with Gasteiger partial charge in [-0.3, -0.25) is 0 Å². The minimum absolute atomic E-state index is 0.649. The summed E-state index contributed by atoms with van der Waals surface area (Å²) in [6, 6.07) is 12.2. The lowest BCUT2D eigenvalue weighted by Gasteiger charge is -2.22. The third-order valence-electron chi connectivity index (χ3n) is 3.36. The number of ether oxygens (including phenoxy) is 1. The highest BCUT2D eigenvalue weighted by molar-refractivity contribution is 7.12. The average molecular weight is 290 g/mol. The fourth-order valence-corrected chi connectivity index (χ4v) is 3.46. The van der Waals surface area contributed by atoms with Crippen LogP contribution in [0.25, 0.3) is 0 Å². The van der Waals surface area contributed by atoms with Gasteiger partial charge in [0.25, 0.3) is 0 Å². The molecule has 0 fully saturated rings. The molecule has 0 aliphatic carbocycles. The molecule has 1 aromatic heterocycles. The zero-order valence-corrected chi connectivity index (χ0v) is 13.2. The number of aryl methyl sites for hydroxylation is 1. The van der Waals surface area contributed by atoms with E-state index in [2.05, 4.69) is 19.1 Å². The molecule has 1 aromatic carbocycles. The van der Waals surface area contributed by atoms with Crippen molar-refractivity contribution in [2.45, 2.75) is 38.7 Å². The average Bonchev–Trinajstić information content (AvgIpc) is 2.86. The number of rotatable bonds is 6. The second kappa shape index (κ2) is 6.42. The number of methoxy groups -OCH3 is 1. The van der Waals surface area contributed by atoms with Crippen molar-refractivity contribution >= 4 is 11.3 Å². The van der Waals surface area contributed by atoms with Crippen LogP contribution < -0.4 is 4.74 Å². The minimum Gasteiger partial charge on any atom is -0.497 e. The number of hydrogen-bond donors (Lipinski definition) is 1. The molecule has 1 atom stereocenters. The van der Waals surface area contributed by atoms with Gasteiger partial charge in [0, 0.05) is 22.6 Å². The minimum atomic E-state index is -0.718. The molecule has 2 rings (SSSR count). The van der Waals surface area contributed by atoms with Crippen molar-refractivity contribution in [2.24, 2.45) is 0 Å². The second-order valence-electron chi connectivity index (χ2n) is 5.42. The third-order valence-corrected chi connectivity index (χ3v) is 4.59. The molecule has 0 radical (unpaired) electrons. The van der Waals surface area contributed by atoms with Gasteiger partial charge in [-0.1, -0.05) is 19.1 Å². The van der Waals surface area contributed by atoms with Gasteiger partial charge in [0.15, 0.2) is 0 Å². The Balaban J connectivity index is 2.01. The number of hydrogen-bond acceptors (Lipinski definition) is 3. The maximum atomic E-state index is 10.6. The molecule has 0 spiro atoms. The van der Waals surface area contributed by atoms with Crippen LogP contribution in [0.1, 0.15) is 29.2 Å². The monoisotopic (exact) mass is 290 g/mol. The van der Waals surface area contributed by atoms with Crippen molar-refractivity contribution in [2.75, 3.05) is 7.11 Å². The quantitative estimate of drug-likeness (QED) is 0.875. The van der Waals surface area contributed by atoms with E-state index in [9.17, 15) is 5.11 Å². The van der Waals surface area contributed by atoms with Crippen molar-refractivity contribution in [1.82, 2.24) is 0 Å². The zero-order valence-electron chi connectivity index (χ0n) is 12.3. The molecule has 0 bridgehead atoms. The largest absolute Gasteiger partial charge is 0.497 e. The van der Waals surface area contributed by atoms with Crippen molar-refractivity contribution in [3.63, 3.8) is 0 Å². The van der Waals surface area contributed by atoms with Crippen molar-refractivity contribution in [3.8, 4) is 5.75 Å². The fourth-order valence-electron chi connectivity index (χ4n) is 2.33. The van der Waals surface area contributed by atoms with E-state index in [-0.39, 0.29) is 0 Å².